The second-order valence-corrected chi connectivity index (χ2v) is 7.12. The molecular formula is C18H15N5O2S. The standard InChI is InChI=1S/C18H15N5O2S/c1-10-15(21-23-18(25)26-10)11-7-8-14-13(9-11)16(17(24)19-14)22-20-12-5-3-2-4-6-12/h2-10,20H,1H3,(H,23,25)(H,19,22,24). The molecule has 130 valence electrons. The van der Waals surface area contributed by atoms with Gasteiger partial charge in [0.05, 0.1) is 22.3 Å². The maximum Gasteiger partial charge on any atom is 0.299 e. The van der Waals surface area contributed by atoms with E-state index in [1.165, 1.54) is 11.8 Å². The monoisotopic (exact) mass is 365 g/mol. The predicted molar refractivity (Wildman–Crippen MR) is 104 cm³/mol. The Bertz CT molecular complexity index is 955. The van der Waals surface area contributed by atoms with E-state index in [4.69, 9.17) is 0 Å². The van der Waals surface area contributed by atoms with Gasteiger partial charge in [-0.25, -0.2) is 5.43 Å². The number of benzene rings is 2. The molecule has 2 aromatic rings. The average molecular weight is 365 g/mol. The van der Waals surface area contributed by atoms with Crippen LogP contribution in [0.3, 0.4) is 0 Å². The van der Waals surface area contributed by atoms with Crippen molar-refractivity contribution in [1.29, 1.82) is 0 Å². The van der Waals surface area contributed by atoms with E-state index >= 15 is 0 Å². The molecule has 0 aromatic heterocycles. The van der Waals surface area contributed by atoms with Crippen LogP contribution in [0.15, 0.2) is 58.7 Å². The number of hydrogen-bond acceptors (Lipinski definition) is 6. The minimum Gasteiger partial charge on any atom is -0.320 e. The molecule has 2 aliphatic heterocycles. The van der Waals surface area contributed by atoms with Gasteiger partial charge in [0.15, 0.2) is 5.71 Å². The van der Waals surface area contributed by atoms with E-state index in [1.54, 1.807) is 0 Å². The Kier molecular flexibility index (Phi) is 4.18. The van der Waals surface area contributed by atoms with Crippen molar-refractivity contribution in [2.75, 3.05) is 10.7 Å². The Hall–Kier alpha value is -3.13. The highest BCUT2D eigenvalue weighted by molar-refractivity contribution is 8.14. The number of hydrazone groups is 2. The molecule has 2 amide bonds. The van der Waals surface area contributed by atoms with Gasteiger partial charge in [-0.1, -0.05) is 36.0 Å². The number of carbonyl (C=O) groups excluding carboxylic acids is 2. The summed E-state index contributed by atoms with van der Waals surface area (Å²) in [4.78, 5) is 23.7. The third kappa shape index (κ3) is 3.06. The fraction of sp³-hybridized carbons (Fsp3) is 0.111. The molecule has 0 fully saturated rings. The van der Waals surface area contributed by atoms with Crippen LogP contribution in [0.5, 0.6) is 0 Å². The summed E-state index contributed by atoms with van der Waals surface area (Å²) < 4.78 is 0. The van der Waals surface area contributed by atoms with Crippen LogP contribution < -0.4 is 16.2 Å². The summed E-state index contributed by atoms with van der Waals surface area (Å²) in [5, 5.41) is 11.0. The number of carbonyl (C=O) groups is 2. The third-order valence-electron chi connectivity index (χ3n) is 4.04. The zero-order valence-corrected chi connectivity index (χ0v) is 14.6. The molecule has 0 bridgehead atoms. The van der Waals surface area contributed by atoms with Gasteiger partial charge in [0, 0.05) is 5.56 Å². The lowest BCUT2D eigenvalue weighted by Gasteiger charge is -2.18. The molecule has 1 unspecified atom stereocenters. The molecule has 2 heterocycles. The topological polar surface area (TPSA) is 94.9 Å². The zero-order valence-electron chi connectivity index (χ0n) is 13.8. The molecule has 8 heteroatoms. The Balaban J connectivity index is 1.67. The van der Waals surface area contributed by atoms with Gasteiger partial charge in [0.25, 0.3) is 11.1 Å². The van der Waals surface area contributed by atoms with Gasteiger partial charge in [0.1, 0.15) is 0 Å². The van der Waals surface area contributed by atoms with Crippen molar-refractivity contribution in [3.05, 3.63) is 59.7 Å². The zero-order chi connectivity index (χ0) is 18.1. The van der Waals surface area contributed by atoms with Crippen LogP contribution in [-0.4, -0.2) is 27.8 Å². The summed E-state index contributed by atoms with van der Waals surface area (Å²) in [6.45, 7) is 1.92. The largest absolute Gasteiger partial charge is 0.320 e. The average Bonchev–Trinajstić information content (AvgIpc) is 2.95. The molecule has 2 aliphatic rings. The van der Waals surface area contributed by atoms with E-state index in [9.17, 15) is 9.59 Å². The first-order valence-electron chi connectivity index (χ1n) is 8.01. The smallest absolute Gasteiger partial charge is 0.299 e. The number of rotatable bonds is 3. The van der Waals surface area contributed by atoms with Crippen LogP contribution >= 0.6 is 11.8 Å². The van der Waals surface area contributed by atoms with Crippen LogP contribution in [0.4, 0.5) is 16.2 Å². The minimum atomic E-state index is -0.262. The fourth-order valence-corrected chi connectivity index (χ4v) is 3.52. The van der Waals surface area contributed by atoms with Crippen LogP contribution in [0, 0.1) is 0 Å². The summed E-state index contributed by atoms with van der Waals surface area (Å²) >= 11 is 1.18. The summed E-state index contributed by atoms with van der Waals surface area (Å²) in [5.41, 5.74) is 9.49. The molecule has 4 rings (SSSR count). The Morgan fingerprint density at radius 3 is 2.73 bits per heavy atom. The lowest BCUT2D eigenvalue weighted by Crippen LogP contribution is -2.29. The maximum atomic E-state index is 12.3. The van der Waals surface area contributed by atoms with Gasteiger partial charge in [-0.3, -0.25) is 15.0 Å². The molecule has 0 aliphatic carbocycles. The van der Waals surface area contributed by atoms with E-state index < -0.39 is 0 Å². The normalized spacial score (nSPS) is 20.3. The summed E-state index contributed by atoms with van der Waals surface area (Å²) in [7, 11) is 0. The first-order valence-corrected chi connectivity index (χ1v) is 8.89. The number of amides is 2. The number of anilines is 2. The van der Waals surface area contributed by atoms with Gasteiger partial charge >= 0.3 is 0 Å². The number of nitrogens with zero attached hydrogens (tertiary/aromatic N) is 2. The quantitative estimate of drug-likeness (QED) is 0.729. The highest BCUT2D eigenvalue weighted by atomic mass is 32.2. The van der Waals surface area contributed by atoms with Crippen molar-refractivity contribution in [2.45, 2.75) is 12.2 Å². The van der Waals surface area contributed by atoms with Crippen molar-refractivity contribution in [3.8, 4) is 0 Å². The van der Waals surface area contributed by atoms with E-state index in [-0.39, 0.29) is 16.4 Å². The number of para-hydroxylation sites is 1. The lowest BCUT2D eigenvalue weighted by molar-refractivity contribution is -0.110. The molecule has 0 saturated carbocycles. The molecule has 2 aromatic carbocycles. The van der Waals surface area contributed by atoms with Crippen molar-refractivity contribution in [1.82, 2.24) is 5.43 Å². The van der Waals surface area contributed by atoms with Crippen LogP contribution in [0.25, 0.3) is 0 Å². The van der Waals surface area contributed by atoms with Gasteiger partial charge in [-0.2, -0.15) is 10.2 Å². The SMILES string of the molecule is CC1SC(=O)NN=C1c1ccc2c(c1)C(=NNc1ccccc1)C(=O)N2. The first-order chi connectivity index (χ1) is 12.6. The maximum absolute atomic E-state index is 12.3. The van der Waals surface area contributed by atoms with Crippen molar-refractivity contribution < 1.29 is 9.59 Å². The Morgan fingerprint density at radius 2 is 1.96 bits per heavy atom. The lowest BCUT2D eigenvalue weighted by atomic mass is 10.0. The highest BCUT2D eigenvalue weighted by Gasteiger charge is 2.29. The van der Waals surface area contributed by atoms with Gasteiger partial charge in [0.2, 0.25) is 0 Å². The number of fused-ring (bicyclic) bond motifs is 1. The van der Waals surface area contributed by atoms with Crippen molar-refractivity contribution in [3.63, 3.8) is 0 Å². The highest BCUT2D eigenvalue weighted by Crippen LogP contribution is 2.28. The predicted octanol–water partition coefficient (Wildman–Crippen LogP) is 3.00. The number of nitrogens with one attached hydrogen (secondary N) is 3. The molecule has 0 spiro atoms. The fourth-order valence-electron chi connectivity index (χ4n) is 2.80. The molecule has 1 atom stereocenters. The number of hydrogen-bond donors (Lipinski definition) is 3. The second kappa shape index (κ2) is 6.64. The van der Waals surface area contributed by atoms with Crippen molar-refractivity contribution in [2.24, 2.45) is 10.2 Å². The van der Waals surface area contributed by atoms with Gasteiger partial charge in [-0.05, 0) is 36.8 Å². The van der Waals surface area contributed by atoms with Crippen LogP contribution in [0.2, 0.25) is 0 Å². The minimum absolute atomic E-state index is 0.0744. The number of thioether (sulfide) groups is 1. The second-order valence-electron chi connectivity index (χ2n) is 5.81. The summed E-state index contributed by atoms with van der Waals surface area (Å²) in [6.07, 6.45) is 0. The summed E-state index contributed by atoms with van der Waals surface area (Å²) in [6, 6.07) is 15.0. The van der Waals surface area contributed by atoms with E-state index in [0.717, 1.165) is 17.0 Å². The Morgan fingerprint density at radius 1 is 1.15 bits per heavy atom. The van der Waals surface area contributed by atoms with E-state index in [1.807, 2.05) is 55.5 Å². The molecule has 26 heavy (non-hydrogen) atoms. The van der Waals surface area contributed by atoms with Gasteiger partial charge in [-0.15, -0.1) is 0 Å². The molecule has 0 radical (unpaired) electrons. The third-order valence-corrected chi connectivity index (χ3v) is 4.92. The molecular weight excluding hydrogens is 350 g/mol. The van der Waals surface area contributed by atoms with Gasteiger partial charge < -0.3 is 5.32 Å². The summed E-state index contributed by atoms with van der Waals surface area (Å²) in [5.74, 6) is -0.262. The molecule has 0 saturated heterocycles. The Labute approximate surface area is 153 Å². The van der Waals surface area contributed by atoms with E-state index in [2.05, 4.69) is 26.4 Å². The molecule has 7 nitrogen and oxygen atoms in total. The van der Waals surface area contributed by atoms with E-state index in [0.29, 0.717) is 17.0 Å². The van der Waals surface area contributed by atoms with Crippen LogP contribution in [-0.2, 0) is 4.79 Å². The molecule has 3 N–H and O–H groups in total. The van der Waals surface area contributed by atoms with Crippen molar-refractivity contribution >= 4 is 45.7 Å². The first kappa shape index (κ1) is 16.3. The van der Waals surface area contributed by atoms with Crippen LogP contribution in [0.1, 0.15) is 18.1 Å².